The SMILES string of the molecule is COc1ccc2c(CCN(C)C)cn(SOCC(C)(C)C(=O)OCCN3CCOCC34COC4)c2c1. The third-order valence-electron chi connectivity index (χ3n) is 6.88. The van der Waals surface area contributed by atoms with Gasteiger partial charge in [-0.05, 0) is 52.1 Å². The van der Waals surface area contributed by atoms with Crippen LogP contribution in [-0.2, 0) is 29.6 Å². The van der Waals surface area contributed by atoms with Crippen LogP contribution >= 0.6 is 12.2 Å². The number of rotatable bonds is 12. The maximum atomic E-state index is 12.8. The highest BCUT2D eigenvalue weighted by atomic mass is 32.2. The second-order valence-corrected chi connectivity index (χ2v) is 11.3. The van der Waals surface area contributed by atoms with Crippen LogP contribution in [0, 0.1) is 5.41 Å². The number of likely N-dealkylation sites (N-methyl/N-ethyl adjacent to an activating group) is 1. The molecule has 10 heteroatoms. The highest BCUT2D eigenvalue weighted by Crippen LogP contribution is 2.31. The molecule has 0 atom stereocenters. The summed E-state index contributed by atoms with van der Waals surface area (Å²) in [5, 5.41) is 1.17. The van der Waals surface area contributed by atoms with Gasteiger partial charge in [0.15, 0.2) is 0 Å². The lowest BCUT2D eigenvalue weighted by Crippen LogP contribution is -2.68. The summed E-state index contributed by atoms with van der Waals surface area (Å²) in [6, 6.07) is 6.08. The normalized spacial score (nSPS) is 18.1. The van der Waals surface area contributed by atoms with Gasteiger partial charge in [-0.15, -0.1) is 0 Å². The number of aromatic nitrogens is 1. The van der Waals surface area contributed by atoms with Crippen LogP contribution in [0.3, 0.4) is 0 Å². The fourth-order valence-corrected chi connectivity index (χ4v) is 5.29. The molecule has 1 aromatic carbocycles. The second kappa shape index (κ2) is 11.7. The third kappa shape index (κ3) is 6.17. The van der Waals surface area contributed by atoms with E-state index in [0.717, 1.165) is 30.8 Å². The summed E-state index contributed by atoms with van der Waals surface area (Å²) < 4.78 is 30.1. The van der Waals surface area contributed by atoms with Crippen molar-refractivity contribution >= 4 is 29.1 Å². The van der Waals surface area contributed by atoms with Gasteiger partial charge in [0.05, 0.1) is 56.6 Å². The minimum atomic E-state index is -0.774. The highest BCUT2D eigenvalue weighted by Gasteiger charge is 2.46. The highest BCUT2D eigenvalue weighted by molar-refractivity contribution is 7.93. The zero-order valence-electron chi connectivity index (χ0n) is 22.1. The van der Waals surface area contributed by atoms with E-state index >= 15 is 0 Å². The number of fused-ring (bicyclic) bond motifs is 1. The van der Waals surface area contributed by atoms with Crippen LogP contribution in [0.25, 0.3) is 10.9 Å². The lowest BCUT2D eigenvalue weighted by Gasteiger charge is -2.51. The maximum absolute atomic E-state index is 12.8. The molecule has 0 amide bonds. The van der Waals surface area contributed by atoms with Gasteiger partial charge in [-0.1, -0.05) is 0 Å². The average molecular weight is 522 g/mol. The Balaban J connectivity index is 1.31. The molecule has 0 aliphatic carbocycles. The van der Waals surface area contributed by atoms with Crippen molar-refractivity contribution in [1.82, 2.24) is 13.8 Å². The van der Waals surface area contributed by atoms with Gasteiger partial charge in [-0.25, -0.2) is 0 Å². The first-order valence-corrected chi connectivity index (χ1v) is 13.1. The summed E-state index contributed by atoms with van der Waals surface area (Å²) in [7, 11) is 5.81. The fraction of sp³-hybridized carbons (Fsp3) is 0.654. The number of benzene rings is 1. The minimum absolute atomic E-state index is 0.0481. The molecular weight excluding hydrogens is 482 g/mol. The van der Waals surface area contributed by atoms with Gasteiger partial charge < -0.3 is 23.8 Å². The van der Waals surface area contributed by atoms with Crippen molar-refractivity contribution < 1.29 is 27.9 Å². The van der Waals surface area contributed by atoms with E-state index in [4.69, 9.17) is 23.1 Å². The monoisotopic (exact) mass is 521 g/mol. The van der Waals surface area contributed by atoms with E-state index in [2.05, 4.69) is 36.2 Å². The number of morpholine rings is 1. The van der Waals surface area contributed by atoms with Gasteiger partial charge in [0.1, 0.15) is 24.6 Å². The number of methoxy groups -OCH3 is 1. The molecule has 2 aromatic rings. The van der Waals surface area contributed by atoms with Gasteiger partial charge in [0.2, 0.25) is 0 Å². The third-order valence-corrected chi connectivity index (χ3v) is 7.56. The number of ether oxygens (including phenoxy) is 4. The Morgan fingerprint density at radius 2 is 2.00 bits per heavy atom. The zero-order valence-corrected chi connectivity index (χ0v) is 22.9. The van der Waals surface area contributed by atoms with Gasteiger partial charge in [0, 0.05) is 37.3 Å². The molecule has 0 unspecified atom stereocenters. The molecule has 0 saturated carbocycles. The number of carbonyl (C=O) groups is 1. The van der Waals surface area contributed by atoms with Gasteiger partial charge in [0.25, 0.3) is 0 Å². The predicted octanol–water partition coefficient (Wildman–Crippen LogP) is 2.85. The van der Waals surface area contributed by atoms with Gasteiger partial charge in [-0.2, -0.15) is 0 Å². The molecule has 9 nitrogen and oxygen atoms in total. The maximum Gasteiger partial charge on any atom is 0.313 e. The van der Waals surface area contributed by atoms with E-state index in [9.17, 15) is 4.79 Å². The Morgan fingerprint density at radius 1 is 1.22 bits per heavy atom. The summed E-state index contributed by atoms with van der Waals surface area (Å²) in [5.41, 5.74) is 1.44. The molecule has 2 aliphatic rings. The van der Waals surface area contributed by atoms with Crippen molar-refractivity contribution in [3.63, 3.8) is 0 Å². The van der Waals surface area contributed by atoms with Crippen molar-refractivity contribution in [3.8, 4) is 5.75 Å². The largest absolute Gasteiger partial charge is 0.497 e. The predicted molar refractivity (Wildman–Crippen MR) is 140 cm³/mol. The summed E-state index contributed by atoms with van der Waals surface area (Å²) in [4.78, 5) is 17.3. The summed E-state index contributed by atoms with van der Waals surface area (Å²) >= 11 is 1.23. The van der Waals surface area contributed by atoms with Crippen LogP contribution in [0.15, 0.2) is 24.4 Å². The molecule has 2 fully saturated rings. The first-order valence-electron chi connectivity index (χ1n) is 12.4. The molecule has 1 spiro atoms. The van der Waals surface area contributed by atoms with Crippen molar-refractivity contribution in [2.24, 2.45) is 5.41 Å². The second-order valence-electron chi connectivity index (χ2n) is 10.5. The van der Waals surface area contributed by atoms with E-state index < -0.39 is 5.41 Å². The standard InChI is InChI=1S/C26H39N3O6S/c1-25(2,24(30)34-13-11-28-10-12-32-17-26(28)18-33-19-26)16-35-36-29-15-20(8-9-27(3)4)22-7-6-21(31-5)14-23(22)29/h6-7,14-15H,8-13,16-19H2,1-5H3. The van der Waals surface area contributed by atoms with Crippen molar-refractivity contribution in [2.75, 3.05) is 80.5 Å². The van der Waals surface area contributed by atoms with E-state index in [0.29, 0.717) is 39.6 Å². The van der Waals surface area contributed by atoms with Crippen LogP contribution < -0.4 is 4.74 Å². The Morgan fingerprint density at radius 3 is 2.69 bits per heavy atom. The number of carbonyl (C=O) groups excluding carboxylic acids is 1. The van der Waals surface area contributed by atoms with Crippen LogP contribution in [0.5, 0.6) is 5.75 Å². The van der Waals surface area contributed by atoms with Crippen LogP contribution in [0.2, 0.25) is 0 Å². The lowest BCUT2D eigenvalue weighted by molar-refractivity contribution is -0.200. The fourth-order valence-electron chi connectivity index (χ4n) is 4.43. The molecule has 1 aromatic heterocycles. The van der Waals surface area contributed by atoms with Gasteiger partial charge >= 0.3 is 5.97 Å². The summed E-state index contributed by atoms with van der Waals surface area (Å²) in [6.45, 7) is 9.45. The Bertz CT molecular complexity index is 1040. The number of esters is 1. The molecular formula is C26H39N3O6S. The smallest absolute Gasteiger partial charge is 0.313 e. The summed E-state index contributed by atoms with van der Waals surface area (Å²) in [5.74, 6) is 0.530. The lowest BCUT2D eigenvalue weighted by atomic mass is 9.94. The Hall–Kier alpha value is -1.82. The molecule has 3 heterocycles. The van der Waals surface area contributed by atoms with Crippen LogP contribution in [-0.4, -0.2) is 106 Å². The minimum Gasteiger partial charge on any atom is -0.497 e. The molecule has 4 rings (SSSR count). The topological polar surface area (TPSA) is 74.6 Å². The number of hydrogen-bond acceptors (Lipinski definition) is 9. The van der Waals surface area contributed by atoms with Crippen LogP contribution in [0.1, 0.15) is 19.4 Å². The molecule has 0 N–H and O–H groups in total. The molecule has 200 valence electrons. The van der Waals surface area contributed by atoms with Crippen LogP contribution in [0.4, 0.5) is 0 Å². The first kappa shape index (κ1) is 27.2. The molecule has 2 aliphatic heterocycles. The number of nitrogens with zero attached hydrogens (tertiary/aromatic N) is 3. The van der Waals surface area contributed by atoms with Crippen molar-refractivity contribution in [2.45, 2.75) is 25.8 Å². The van der Waals surface area contributed by atoms with Gasteiger partial charge in [-0.3, -0.25) is 17.8 Å². The Labute approximate surface area is 218 Å². The molecule has 2 saturated heterocycles. The summed E-state index contributed by atoms with van der Waals surface area (Å²) in [6.07, 6.45) is 3.03. The van der Waals surface area contributed by atoms with Crippen molar-refractivity contribution in [1.29, 1.82) is 0 Å². The van der Waals surface area contributed by atoms with E-state index in [1.807, 2.05) is 30.0 Å². The molecule has 0 bridgehead atoms. The van der Waals surface area contributed by atoms with E-state index in [1.54, 1.807) is 7.11 Å². The number of hydrogen-bond donors (Lipinski definition) is 0. The zero-order chi connectivity index (χ0) is 25.8. The van der Waals surface area contributed by atoms with E-state index in [-0.39, 0.29) is 18.1 Å². The Kier molecular flexibility index (Phi) is 8.85. The van der Waals surface area contributed by atoms with Crippen molar-refractivity contribution in [3.05, 3.63) is 30.0 Å². The average Bonchev–Trinajstić information content (AvgIpc) is 3.18. The molecule has 0 radical (unpaired) electrons. The first-order chi connectivity index (χ1) is 17.2. The van der Waals surface area contributed by atoms with E-state index in [1.165, 1.54) is 23.2 Å². The quantitative estimate of drug-likeness (QED) is 0.310. The molecule has 36 heavy (non-hydrogen) atoms.